The molecule has 76 valence electrons. The maximum absolute atomic E-state index is 11.2. The Balaban J connectivity index is 2.36. The molecule has 4 heteroatoms. The Morgan fingerprint density at radius 1 is 1.62 bits per heavy atom. The highest BCUT2D eigenvalue weighted by molar-refractivity contribution is 7.80. The molecule has 1 aliphatic rings. The smallest absolute Gasteiger partial charge is 0.307 e. The Kier molecular flexibility index (Phi) is 3.62. The van der Waals surface area contributed by atoms with Crippen LogP contribution in [0.25, 0.3) is 0 Å². The number of rotatable bonds is 4. The van der Waals surface area contributed by atoms with Gasteiger partial charge in [0.05, 0.1) is 25.4 Å². The lowest BCUT2D eigenvalue weighted by atomic mass is 9.86. The van der Waals surface area contributed by atoms with E-state index >= 15 is 0 Å². The summed E-state index contributed by atoms with van der Waals surface area (Å²) in [5, 5.41) is 2.22. The van der Waals surface area contributed by atoms with E-state index in [-0.39, 0.29) is 11.6 Å². The standard InChI is InChI=1S/C9H17NO2S/c1-9(2,7-5-10-6-7)12-8(11)3-4-13/h7,10,13H,3-6H2,1-2H3/p+1. The van der Waals surface area contributed by atoms with Gasteiger partial charge >= 0.3 is 5.97 Å². The number of hydrogen-bond acceptors (Lipinski definition) is 3. The highest BCUT2D eigenvalue weighted by atomic mass is 32.1. The molecule has 0 radical (unpaired) electrons. The number of carbonyl (C=O) groups is 1. The Morgan fingerprint density at radius 2 is 2.23 bits per heavy atom. The van der Waals surface area contributed by atoms with Gasteiger partial charge in [-0.2, -0.15) is 12.6 Å². The van der Waals surface area contributed by atoms with E-state index in [1.807, 2.05) is 13.8 Å². The summed E-state index contributed by atoms with van der Waals surface area (Å²) in [5.74, 6) is 0.939. The molecule has 1 heterocycles. The Labute approximate surface area is 84.6 Å². The normalized spacial score (nSPS) is 18.1. The number of carbonyl (C=O) groups excluding carboxylic acids is 1. The van der Waals surface area contributed by atoms with Crippen LogP contribution in [-0.2, 0) is 9.53 Å². The van der Waals surface area contributed by atoms with E-state index in [0.29, 0.717) is 18.1 Å². The predicted octanol–water partition coefficient (Wildman–Crippen LogP) is -0.179. The summed E-state index contributed by atoms with van der Waals surface area (Å²) in [6, 6.07) is 0. The first kappa shape index (κ1) is 10.9. The van der Waals surface area contributed by atoms with Gasteiger partial charge in [-0.3, -0.25) is 4.79 Å². The first-order valence-corrected chi connectivity index (χ1v) is 5.34. The molecule has 1 fully saturated rings. The van der Waals surface area contributed by atoms with E-state index < -0.39 is 0 Å². The molecule has 0 bridgehead atoms. The minimum Gasteiger partial charge on any atom is -0.459 e. The number of hydrogen-bond donors (Lipinski definition) is 2. The topological polar surface area (TPSA) is 42.9 Å². The molecule has 0 unspecified atom stereocenters. The van der Waals surface area contributed by atoms with Gasteiger partial charge in [0.2, 0.25) is 0 Å². The fourth-order valence-electron chi connectivity index (χ4n) is 1.42. The average molecular weight is 204 g/mol. The van der Waals surface area contributed by atoms with Crippen molar-refractivity contribution in [3.05, 3.63) is 0 Å². The van der Waals surface area contributed by atoms with Gasteiger partial charge in [0, 0.05) is 5.75 Å². The molecule has 1 aliphatic heterocycles. The molecule has 0 aromatic heterocycles. The van der Waals surface area contributed by atoms with Crippen LogP contribution in [0, 0.1) is 5.92 Å². The zero-order chi connectivity index (χ0) is 9.90. The van der Waals surface area contributed by atoms with Gasteiger partial charge in [0.1, 0.15) is 5.60 Å². The molecule has 2 N–H and O–H groups in total. The van der Waals surface area contributed by atoms with Crippen LogP contribution >= 0.6 is 12.6 Å². The van der Waals surface area contributed by atoms with E-state index in [1.165, 1.54) is 0 Å². The van der Waals surface area contributed by atoms with Gasteiger partial charge in [0.25, 0.3) is 0 Å². The van der Waals surface area contributed by atoms with Crippen LogP contribution < -0.4 is 5.32 Å². The molecule has 0 aromatic rings. The van der Waals surface area contributed by atoms with Gasteiger partial charge in [-0.25, -0.2) is 0 Å². The van der Waals surface area contributed by atoms with Crippen molar-refractivity contribution in [3.8, 4) is 0 Å². The minimum absolute atomic E-state index is 0.133. The second kappa shape index (κ2) is 4.33. The molecule has 0 saturated carbocycles. The van der Waals surface area contributed by atoms with Crippen molar-refractivity contribution in [1.82, 2.24) is 0 Å². The number of esters is 1. The molecule has 3 nitrogen and oxygen atoms in total. The molecule has 13 heavy (non-hydrogen) atoms. The monoisotopic (exact) mass is 204 g/mol. The van der Waals surface area contributed by atoms with Gasteiger partial charge in [-0.05, 0) is 13.8 Å². The van der Waals surface area contributed by atoms with Crippen molar-refractivity contribution in [1.29, 1.82) is 0 Å². The van der Waals surface area contributed by atoms with E-state index in [9.17, 15) is 4.79 Å². The summed E-state index contributed by atoms with van der Waals surface area (Å²) in [6.45, 7) is 6.12. The van der Waals surface area contributed by atoms with Gasteiger partial charge in [-0.15, -0.1) is 0 Å². The SMILES string of the molecule is CC(C)(OC(=O)CCS)C1C[NH2+]C1. The number of thiol groups is 1. The highest BCUT2D eigenvalue weighted by Gasteiger charge is 2.40. The van der Waals surface area contributed by atoms with Crippen molar-refractivity contribution in [3.63, 3.8) is 0 Å². The van der Waals surface area contributed by atoms with Crippen molar-refractivity contribution in [2.45, 2.75) is 25.9 Å². The van der Waals surface area contributed by atoms with Crippen molar-refractivity contribution < 1.29 is 14.8 Å². The Morgan fingerprint density at radius 3 is 2.62 bits per heavy atom. The lowest BCUT2D eigenvalue weighted by molar-refractivity contribution is -0.728. The van der Waals surface area contributed by atoms with Crippen molar-refractivity contribution >= 4 is 18.6 Å². The molecule has 1 saturated heterocycles. The third-order valence-electron chi connectivity index (χ3n) is 2.58. The Bertz CT molecular complexity index is 190. The van der Waals surface area contributed by atoms with Crippen molar-refractivity contribution in [2.75, 3.05) is 18.8 Å². The van der Waals surface area contributed by atoms with Crippen LogP contribution in [0.5, 0.6) is 0 Å². The first-order valence-electron chi connectivity index (χ1n) is 4.70. The fraction of sp³-hybridized carbons (Fsp3) is 0.889. The van der Waals surface area contributed by atoms with Crippen LogP contribution in [0.4, 0.5) is 0 Å². The summed E-state index contributed by atoms with van der Waals surface area (Å²) in [5.41, 5.74) is -0.297. The molecule has 0 aliphatic carbocycles. The minimum atomic E-state index is -0.297. The van der Waals surface area contributed by atoms with E-state index in [1.54, 1.807) is 0 Å². The summed E-state index contributed by atoms with van der Waals surface area (Å²) in [7, 11) is 0. The van der Waals surface area contributed by atoms with Crippen LogP contribution in [0.1, 0.15) is 20.3 Å². The van der Waals surface area contributed by atoms with Crippen molar-refractivity contribution in [2.24, 2.45) is 5.92 Å². The summed E-state index contributed by atoms with van der Waals surface area (Å²) in [6.07, 6.45) is 0.406. The van der Waals surface area contributed by atoms with Crippen LogP contribution in [0.2, 0.25) is 0 Å². The van der Waals surface area contributed by atoms with Crippen LogP contribution in [0.15, 0.2) is 0 Å². The van der Waals surface area contributed by atoms with Crippen LogP contribution in [0.3, 0.4) is 0 Å². The first-order chi connectivity index (χ1) is 6.06. The molecule has 0 spiro atoms. The molecule has 1 rings (SSSR count). The summed E-state index contributed by atoms with van der Waals surface area (Å²) < 4.78 is 5.37. The molecule has 0 atom stereocenters. The van der Waals surface area contributed by atoms with E-state index in [2.05, 4.69) is 17.9 Å². The largest absolute Gasteiger partial charge is 0.459 e. The molecule has 0 aromatic carbocycles. The third-order valence-corrected chi connectivity index (χ3v) is 2.80. The van der Waals surface area contributed by atoms with E-state index in [4.69, 9.17) is 4.74 Å². The highest BCUT2D eigenvalue weighted by Crippen LogP contribution is 2.22. The zero-order valence-electron chi connectivity index (χ0n) is 8.25. The zero-order valence-corrected chi connectivity index (χ0v) is 9.14. The fourth-order valence-corrected chi connectivity index (χ4v) is 1.60. The second-order valence-electron chi connectivity index (χ2n) is 4.01. The number of quaternary nitrogens is 1. The van der Waals surface area contributed by atoms with E-state index in [0.717, 1.165) is 13.1 Å². The predicted molar refractivity (Wildman–Crippen MR) is 53.8 cm³/mol. The summed E-state index contributed by atoms with van der Waals surface area (Å²) in [4.78, 5) is 11.2. The van der Waals surface area contributed by atoms with Crippen LogP contribution in [-0.4, -0.2) is 30.4 Å². The summed E-state index contributed by atoms with van der Waals surface area (Å²) >= 11 is 3.99. The lowest BCUT2D eigenvalue weighted by Gasteiger charge is -2.37. The quantitative estimate of drug-likeness (QED) is 0.493. The number of nitrogens with two attached hydrogens (primary N) is 1. The van der Waals surface area contributed by atoms with Gasteiger partial charge in [-0.1, -0.05) is 0 Å². The second-order valence-corrected chi connectivity index (χ2v) is 4.46. The maximum atomic E-state index is 11.2. The number of ether oxygens (including phenoxy) is 1. The molecular weight excluding hydrogens is 186 g/mol. The molecule has 0 amide bonds. The molecular formula is C9H18NO2S+. The lowest BCUT2D eigenvalue weighted by Crippen LogP contribution is -2.98. The Hall–Kier alpha value is -0.220. The maximum Gasteiger partial charge on any atom is 0.307 e. The third kappa shape index (κ3) is 2.88. The van der Waals surface area contributed by atoms with Gasteiger partial charge < -0.3 is 10.1 Å². The average Bonchev–Trinajstić information content (AvgIpc) is 1.79. The van der Waals surface area contributed by atoms with Gasteiger partial charge in [0.15, 0.2) is 0 Å².